The molecule has 0 heterocycles. The van der Waals surface area contributed by atoms with Gasteiger partial charge in [-0.3, -0.25) is 9.59 Å². The Morgan fingerprint density at radius 1 is 0.321 bits per heavy atom. The van der Waals surface area contributed by atoms with Gasteiger partial charge in [-0.05, 0) is 38.5 Å². The Labute approximate surface area is 522 Å². The molecule has 0 aromatic rings. The van der Waals surface area contributed by atoms with Crippen LogP contribution in [0.5, 0.6) is 0 Å². The molecule has 5 atom stereocenters. The lowest BCUT2D eigenvalue weighted by Crippen LogP contribution is -2.72. The van der Waals surface area contributed by atoms with Crippen molar-refractivity contribution in [1.82, 2.24) is 10.2 Å². The Bertz CT molecular complexity index is 1340. The molecule has 0 saturated carbocycles. The highest BCUT2D eigenvalue weighted by Gasteiger charge is 2.48. The number of aliphatic hydroxyl groups is 6. The van der Waals surface area contributed by atoms with Crippen LogP contribution >= 0.6 is 0 Å². The number of carbonyl (C=O) groups is 2. The minimum absolute atomic E-state index is 0.0499. The summed E-state index contributed by atoms with van der Waals surface area (Å²) in [5.74, 6) is -1.24. The fourth-order valence-corrected chi connectivity index (χ4v) is 12.7. The summed E-state index contributed by atoms with van der Waals surface area (Å²) in [5.41, 5.74) is -1.88. The molecule has 0 aromatic heterocycles. The van der Waals surface area contributed by atoms with Gasteiger partial charge in [0.25, 0.3) is 11.8 Å². The average Bonchev–Trinajstić information content (AvgIpc) is 3.66. The van der Waals surface area contributed by atoms with E-state index in [9.17, 15) is 35.1 Å². The molecule has 0 saturated heterocycles. The molecule has 7 N–H and O–H groups in total. The van der Waals surface area contributed by atoms with Crippen LogP contribution < -0.4 is 5.32 Å². The monoisotopic (exact) mass is 1190 g/mol. The van der Waals surface area contributed by atoms with Crippen LogP contribution in [0.15, 0.2) is 0 Å². The molecule has 0 aromatic carbocycles. The highest BCUT2D eigenvalue weighted by molar-refractivity contribution is 5.84. The molecule has 0 aliphatic rings. The lowest BCUT2D eigenvalue weighted by Gasteiger charge is -2.47. The first-order chi connectivity index (χ1) is 41.1. The predicted octanol–water partition coefficient (Wildman–Crippen LogP) is 19.9. The molecular formula is C74H148N2O8. The van der Waals surface area contributed by atoms with Crippen LogP contribution in [0.2, 0.25) is 0 Å². The molecule has 0 radical (unpaired) electrons. The van der Waals surface area contributed by atoms with Gasteiger partial charge in [0, 0.05) is 13.2 Å². The largest absolute Gasteiger partial charge is 0.396 e. The fourth-order valence-electron chi connectivity index (χ4n) is 12.7. The van der Waals surface area contributed by atoms with Crippen molar-refractivity contribution in [3.63, 3.8) is 0 Å². The zero-order valence-corrected chi connectivity index (χ0v) is 56.5. The second-order valence-corrected chi connectivity index (χ2v) is 26.7. The van der Waals surface area contributed by atoms with Crippen molar-refractivity contribution in [3.05, 3.63) is 0 Å². The van der Waals surface area contributed by atoms with Crippen LogP contribution in [0, 0.1) is 0 Å². The lowest BCUT2D eigenvalue weighted by atomic mass is 9.93. The number of nitrogens with zero attached hydrogens (tertiary/aromatic N) is 1. The molecule has 0 spiro atoms. The summed E-state index contributed by atoms with van der Waals surface area (Å²) >= 11 is 0. The van der Waals surface area contributed by atoms with Gasteiger partial charge in [0.05, 0.1) is 18.8 Å². The van der Waals surface area contributed by atoms with Crippen molar-refractivity contribution in [2.45, 2.75) is 443 Å². The third-order valence-electron chi connectivity index (χ3n) is 18.6. The zero-order valence-electron chi connectivity index (χ0n) is 56.5. The second-order valence-electron chi connectivity index (χ2n) is 26.7. The van der Waals surface area contributed by atoms with Gasteiger partial charge in [0.1, 0.15) is 12.2 Å². The third kappa shape index (κ3) is 50.6. The van der Waals surface area contributed by atoms with Crippen LogP contribution in [0.4, 0.5) is 0 Å². The summed E-state index contributed by atoms with van der Waals surface area (Å²) in [7, 11) is 0. The average molecular weight is 1190 g/mol. The van der Waals surface area contributed by atoms with E-state index in [1.807, 2.05) is 0 Å². The highest BCUT2D eigenvalue weighted by atomic mass is 16.3. The molecule has 10 heteroatoms. The first kappa shape index (κ1) is 82.7. The standard InChI is InChI=1S/C74H148N2O8/c1-4-7-10-13-16-19-22-25-26-27-28-29-33-37-41-46-51-56-61-69(80)72(83)75-74(67-78,71(82)63-58-53-48-43-38-31-23-20-17-14-11-8-5-2)76(73(84)70(81)62-57-52-47-42-36-24-21-18-15-12-9-6-3)65-59-54-49-44-39-34-30-32-35-40-45-50-55-60-68(79)64-66-77/h68-71,77-82H,4-67H2,1-3H3,(H,75,83). The van der Waals surface area contributed by atoms with Crippen LogP contribution in [0.25, 0.3) is 0 Å². The third-order valence-corrected chi connectivity index (χ3v) is 18.6. The maximum atomic E-state index is 14.7. The summed E-state index contributed by atoms with van der Waals surface area (Å²) in [6.45, 7) is 6.31. The molecule has 0 aliphatic carbocycles. The molecular weight excluding hydrogens is 1040 g/mol. The summed E-state index contributed by atoms with van der Waals surface area (Å²) in [6, 6.07) is 0. The maximum Gasteiger partial charge on any atom is 0.253 e. The maximum absolute atomic E-state index is 14.7. The van der Waals surface area contributed by atoms with Gasteiger partial charge in [-0.15, -0.1) is 0 Å². The number of aliphatic hydroxyl groups excluding tert-OH is 6. The summed E-state index contributed by atoms with van der Waals surface area (Å²) in [4.78, 5) is 30.3. The number of rotatable bonds is 70. The normalized spacial score (nSPS) is 14.0. The zero-order chi connectivity index (χ0) is 61.5. The van der Waals surface area contributed by atoms with E-state index in [-0.39, 0.29) is 38.5 Å². The van der Waals surface area contributed by atoms with Crippen molar-refractivity contribution >= 4 is 11.8 Å². The Hall–Kier alpha value is -1.30. The SMILES string of the molecule is CCCCCCCCCCCCCCCCCCCCC(O)C(=O)NC(CO)(C(O)CCCCCCCCCCCCCCC)N(CCCCCCCCCCCCCCCC(O)CCO)C(=O)C(O)CCCCCCCCCCCCCC. The molecule has 84 heavy (non-hydrogen) atoms. The summed E-state index contributed by atoms with van der Waals surface area (Å²) < 4.78 is 0. The molecule has 0 rings (SSSR count). The van der Waals surface area contributed by atoms with E-state index in [1.54, 1.807) is 0 Å². The minimum Gasteiger partial charge on any atom is -0.396 e. The Balaban J connectivity index is 5.68. The number of hydrogen-bond acceptors (Lipinski definition) is 8. The van der Waals surface area contributed by atoms with Gasteiger partial charge in [-0.25, -0.2) is 0 Å². The van der Waals surface area contributed by atoms with E-state index < -0.39 is 42.4 Å². The van der Waals surface area contributed by atoms with E-state index in [4.69, 9.17) is 5.11 Å². The molecule has 0 fully saturated rings. The van der Waals surface area contributed by atoms with Gasteiger partial charge < -0.3 is 40.9 Å². The number of nitrogens with one attached hydrogen (secondary N) is 1. The minimum atomic E-state index is -1.88. The predicted molar refractivity (Wildman–Crippen MR) is 359 cm³/mol. The number of amides is 2. The van der Waals surface area contributed by atoms with Crippen molar-refractivity contribution in [2.24, 2.45) is 0 Å². The number of unbranched alkanes of at least 4 members (excludes halogenated alkanes) is 52. The molecule has 0 bridgehead atoms. The van der Waals surface area contributed by atoms with Crippen molar-refractivity contribution < 1.29 is 40.2 Å². The van der Waals surface area contributed by atoms with Gasteiger partial charge >= 0.3 is 0 Å². The lowest BCUT2D eigenvalue weighted by molar-refractivity contribution is -0.166. The van der Waals surface area contributed by atoms with Crippen LogP contribution in [-0.4, -0.2) is 97.2 Å². The topological polar surface area (TPSA) is 171 Å². The Kier molecular flexibility index (Phi) is 63.7. The molecule has 0 aliphatic heterocycles. The van der Waals surface area contributed by atoms with E-state index >= 15 is 0 Å². The Morgan fingerprint density at radius 3 is 0.857 bits per heavy atom. The number of hydrogen-bond donors (Lipinski definition) is 7. The Morgan fingerprint density at radius 2 is 0.571 bits per heavy atom. The van der Waals surface area contributed by atoms with Gasteiger partial charge in [0.15, 0.2) is 5.66 Å². The van der Waals surface area contributed by atoms with Crippen molar-refractivity contribution in [2.75, 3.05) is 19.8 Å². The quantitative estimate of drug-likeness (QED) is 0.0233. The highest BCUT2D eigenvalue weighted by Crippen LogP contribution is 2.27. The van der Waals surface area contributed by atoms with Crippen molar-refractivity contribution in [3.8, 4) is 0 Å². The molecule has 5 unspecified atom stereocenters. The van der Waals surface area contributed by atoms with Crippen LogP contribution in [0.1, 0.15) is 412 Å². The molecule has 502 valence electrons. The fraction of sp³-hybridized carbons (Fsp3) is 0.973. The van der Waals surface area contributed by atoms with E-state index in [1.165, 1.54) is 242 Å². The smallest absolute Gasteiger partial charge is 0.253 e. The van der Waals surface area contributed by atoms with Crippen molar-refractivity contribution in [1.29, 1.82) is 0 Å². The van der Waals surface area contributed by atoms with Gasteiger partial charge in [0.2, 0.25) is 0 Å². The van der Waals surface area contributed by atoms with E-state index in [2.05, 4.69) is 26.1 Å². The summed E-state index contributed by atoms with van der Waals surface area (Å²) in [5, 5.41) is 68.7. The van der Waals surface area contributed by atoms with Gasteiger partial charge in [-0.2, -0.15) is 0 Å². The summed E-state index contributed by atoms with van der Waals surface area (Å²) in [6.07, 6.45) is 64.3. The molecule has 10 nitrogen and oxygen atoms in total. The second kappa shape index (κ2) is 64.7. The van der Waals surface area contributed by atoms with Crippen LogP contribution in [0.3, 0.4) is 0 Å². The number of carbonyl (C=O) groups excluding carboxylic acids is 2. The molecule has 2 amide bonds. The van der Waals surface area contributed by atoms with E-state index in [0.29, 0.717) is 32.1 Å². The first-order valence-electron chi connectivity index (χ1n) is 37.7. The van der Waals surface area contributed by atoms with Crippen LogP contribution in [-0.2, 0) is 9.59 Å². The first-order valence-corrected chi connectivity index (χ1v) is 37.7. The van der Waals surface area contributed by atoms with E-state index in [0.717, 1.165) is 103 Å². The van der Waals surface area contributed by atoms with Gasteiger partial charge in [-0.1, -0.05) is 374 Å².